The van der Waals surface area contributed by atoms with Crippen molar-refractivity contribution in [3.8, 4) is 0 Å². The monoisotopic (exact) mass is 434 g/mol. The maximum atomic E-state index is 12.4. The summed E-state index contributed by atoms with van der Waals surface area (Å²) < 4.78 is 1.58. The maximum Gasteiger partial charge on any atom is 0.258 e. The Kier molecular flexibility index (Phi) is 5.75. The molecular formula is C23H30N8O. The molecule has 2 aliphatic heterocycles. The molecule has 168 valence electrons. The van der Waals surface area contributed by atoms with Gasteiger partial charge in [-0.15, -0.1) is 0 Å². The lowest BCUT2D eigenvalue weighted by Crippen LogP contribution is -2.47. The number of piperazine rings is 2. The lowest BCUT2D eigenvalue weighted by Gasteiger charge is -2.36. The first-order valence-electron chi connectivity index (χ1n) is 11.3. The van der Waals surface area contributed by atoms with Gasteiger partial charge in [0.25, 0.3) is 5.56 Å². The zero-order chi connectivity index (χ0) is 22.1. The Bertz CT molecular complexity index is 1150. The van der Waals surface area contributed by atoms with Crippen LogP contribution in [0.2, 0.25) is 0 Å². The van der Waals surface area contributed by atoms with Crippen molar-refractivity contribution in [3.05, 3.63) is 58.4 Å². The van der Waals surface area contributed by atoms with E-state index in [1.807, 2.05) is 25.1 Å². The molecule has 32 heavy (non-hydrogen) atoms. The first kappa shape index (κ1) is 20.8. The van der Waals surface area contributed by atoms with Gasteiger partial charge in [0.2, 0.25) is 0 Å². The molecule has 0 aliphatic carbocycles. The van der Waals surface area contributed by atoms with Crippen LogP contribution < -0.4 is 15.4 Å². The molecule has 0 aromatic carbocycles. The number of rotatable bonds is 4. The average molecular weight is 435 g/mol. The van der Waals surface area contributed by atoms with Gasteiger partial charge in [0.05, 0.1) is 5.69 Å². The normalized spacial score (nSPS) is 18.4. The number of hydrogen-bond acceptors (Lipinski definition) is 8. The molecule has 3 aromatic rings. The van der Waals surface area contributed by atoms with E-state index in [4.69, 9.17) is 9.97 Å². The highest BCUT2D eigenvalue weighted by molar-refractivity contribution is 5.51. The van der Waals surface area contributed by atoms with Crippen LogP contribution in [0.1, 0.15) is 11.5 Å². The first-order valence-corrected chi connectivity index (χ1v) is 11.3. The number of pyridine rings is 1. The summed E-state index contributed by atoms with van der Waals surface area (Å²) >= 11 is 0. The lowest BCUT2D eigenvalue weighted by atomic mass is 10.2. The molecule has 0 bridgehead atoms. The number of likely N-dealkylation sites (N-methyl/N-ethyl adjacent to an activating group) is 1. The molecule has 5 rings (SSSR count). The van der Waals surface area contributed by atoms with E-state index in [-0.39, 0.29) is 5.56 Å². The van der Waals surface area contributed by atoms with Gasteiger partial charge in [0.1, 0.15) is 23.1 Å². The maximum absolute atomic E-state index is 12.4. The summed E-state index contributed by atoms with van der Waals surface area (Å²) in [6, 6.07) is 9.41. The summed E-state index contributed by atoms with van der Waals surface area (Å²) in [6.07, 6.45) is 1.76. The molecule has 9 heteroatoms. The number of anilines is 2. The van der Waals surface area contributed by atoms with E-state index in [0.717, 1.165) is 75.5 Å². The van der Waals surface area contributed by atoms with Gasteiger partial charge < -0.3 is 14.7 Å². The number of aromatic nitrogens is 4. The van der Waals surface area contributed by atoms with Gasteiger partial charge in [-0.2, -0.15) is 0 Å². The lowest BCUT2D eigenvalue weighted by molar-refractivity contribution is 0.246. The van der Waals surface area contributed by atoms with Gasteiger partial charge >= 0.3 is 0 Å². The molecule has 2 fully saturated rings. The van der Waals surface area contributed by atoms with Crippen LogP contribution in [0.25, 0.3) is 5.65 Å². The molecule has 0 saturated carbocycles. The molecule has 2 saturated heterocycles. The number of fused-ring (bicyclic) bond motifs is 1. The second-order valence-corrected chi connectivity index (χ2v) is 8.70. The molecule has 0 amide bonds. The smallest absolute Gasteiger partial charge is 0.258 e. The van der Waals surface area contributed by atoms with Crippen molar-refractivity contribution in [2.24, 2.45) is 0 Å². The minimum Gasteiger partial charge on any atom is -0.354 e. The van der Waals surface area contributed by atoms with Gasteiger partial charge in [0, 0.05) is 77.2 Å². The Balaban J connectivity index is 1.24. The van der Waals surface area contributed by atoms with Crippen LogP contribution in [-0.4, -0.2) is 88.6 Å². The van der Waals surface area contributed by atoms with E-state index in [1.54, 1.807) is 16.7 Å². The summed E-state index contributed by atoms with van der Waals surface area (Å²) in [5.41, 5.74) is 1.49. The Morgan fingerprint density at radius 2 is 1.50 bits per heavy atom. The third-order valence-electron chi connectivity index (χ3n) is 6.34. The summed E-state index contributed by atoms with van der Waals surface area (Å²) in [4.78, 5) is 35.9. The number of aryl methyl sites for hydroxylation is 1. The van der Waals surface area contributed by atoms with Crippen LogP contribution in [0.3, 0.4) is 0 Å². The van der Waals surface area contributed by atoms with Crippen molar-refractivity contribution in [3.63, 3.8) is 0 Å². The van der Waals surface area contributed by atoms with Crippen LogP contribution in [0.4, 0.5) is 11.6 Å². The molecule has 0 N–H and O–H groups in total. The van der Waals surface area contributed by atoms with E-state index >= 15 is 0 Å². The van der Waals surface area contributed by atoms with E-state index in [2.05, 4.69) is 37.7 Å². The fourth-order valence-corrected chi connectivity index (χ4v) is 4.44. The average Bonchev–Trinajstić information content (AvgIpc) is 2.80. The fraction of sp³-hybridized carbons (Fsp3) is 0.478. The summed E-state index contributed by atoms with van der Waals surface area (Å²) in [6.45, 7) is 10.4. The van der Waals surface area contributed by atoms with Crippen molar-refractivity contribution in [1.29, 1.82) is 0 Å². The van der Waals surface area contributed by atoms with Crippen LogP contribution in [-0.2, 0) is 6.54 Å². The second kappa shape index (κ2) is 8.84. The highest BCUT2D eigenvalue weighted by Gasteiger charge is 2.22. The predicted octanol–water partition coefficient (Wildman–Crippen LogP) is 0.867. The minimum absolute atomic E-state index is 0.0304. The Labute approximate surface area is 187 Å². The van der Waals surface area contributed by atoms with Gasteiger partial charge in [-0.3, -0.25) is 14.1 Å². The van der Waals surface area contributed by atoms with Crippen molar-refractivity contribution in [1.82, 2.24) is 29.2 Å². The van der Waals surface area contributed by atoms with Crippen molar-refractivity contribution in [2.45, 2.75) is 13.5 Å². The third kappa shape index (κ3) is 4.44. The van der Waals surface area contributed by atoms with Crippen molar-refractivity contribution >= 4 is 17.3 Å². The van der Waals surface area contributed by atoms with Crippen LogP contribution in [0.15, 0.2) is 41.3 Å². The van der Waals surface area contributed by atoms with Crippen LogP contribution in [0.5, 0.6) is 0 Å². The molecule has 0 radical (unpaired) electrons. The minimum atomic E-state index is -0.0304. The molecule has 5 heterocycles. The van der Waals surface area contributed by atoms with E-state index in [1.165, 1.54) is 0 Å². The molecule has 9 nitrogen and oxygen atoms in total. The Morgan fingerprint density at radius 3 is 2.19 bits per heavy atom. The highest BCUT2D eigenvalue weighted by Crippen LogP contribution is 2.22. The third-order valence-corrected chi connectivity index (χ3v) is 6.34. The summed E-state index contributed by atoms with van der Waals surface area (Å²) in [7, 11) is 2.16. The molecule has 0 atom stereocenters. The topological polar surface area (TPSA) is 73.1 Å². The van der Waals surface area contributed by atoms with Crippen molar-refractivity contribution < 1.29 is 0 Å². The summed E-state index contributed by atoms with van der Waals surface area (Å²) in [5, 5.41) is 0. The Hall–Kier alpha value is -3.04. The van der Waals surface area contributed by atoms with Gasteiger partial charge in [-0.25, -0.2) is 15.0 Å². The molecule has 0 unspecified atom stereocenters. The van der Waals surface area contributed by atoms with Gasteiger partial charge in [0.15, 0.2) is 0 Å². The predicted molar refractivity (Wildman–Crippen MR) is 125 cm³/mol. The zero-order valence-electron chi connectivity index (χ0n) is 18.8. The first-order chi connectivity index (χ1) is 15.5. The zero-order valence-corrected chi connectivity index (χ0v) is 18.8. The largest absolute Gasteiger partial charge is 0.354 e. The van der Waals surface area contributed by atoms with Crippen molar-refractivity contribution in [2.75, 3.05) is 69.2 Å². The van der Waals surface area contributed by atoms with E-state index < -0.39 is 0 Å². The second-order valence-electron chi connectivity index (χ2n) is 8.70. The van der Waals surface area contributed by atoms with E-state index in [0.29, 0.717) is 12.2 Å². The standard InChI is InChI=1S/C23H30N8O/c1-18-24-21(29-11-7-27(2)8-12-29)16-22(25-18)30-13-9-28(10-14-30)17-19-15-23(32)31-6-4-3-5-20(31)26-19/h3-6,15-16H,7-14,17H2,1-2H3. The molecule has 2 aliphatic rings. The van der Waals surface area contributed by atoms with E-state index in [9.17, 15) is 4.79 Å². The van der Waals surface area contributed by atoms with Crippen LogP contribution >= 0.6 is 0 Å². The number of nitrogens with zero attached hydrogens (tertiary/aromatic N) is 8. The molecule has 3 aromatic heterocycles. The van der Waals surface area contributed by atoms with Crippen LogP contribution in [0, 0.1) is 6.92 Å². The summed E-state index contributed by atoms with van der Waals surface area (Å²) in [5.74, 6) is 2.86. The number of hydrogen-bond donors (Lipinski definition) is 0. The van der Waals surface area contributed by atoms with Gasteiger partial charge in [-0.05, 0) is 26.1 Å². The fourth-order valence-electron chi connectivity index (χ4n) is 4.44. The quantitative estimate of drug-likeness (QED) is 0.599. The highest BCUT2D eigenvalue weighted by atomic mass is 16.1. The Morgan fingerprint density at radius 1 is 0.844 bits per heavy atom. The van der Waals surface area contributed by atoms with Gasteiger partial charge in [-0.1, -0.05) is 6.07 Å². The SMILES string of the molecule is Cc1nc(N2CCN(C)CC2)cc(N2CCN(Cc3cc(=O)n4ccccc4n3)CC2)n1. The molecule has 0 spiro atoms. The molecular weight excluding hydrogens is 404 g/mol.